The number of thiocarbonyl (C=S) groups is 1. The van der Waals surface area contributed by atoms with Gasteiger partial charge in [0.1, 0.15) is 42.9 Å². The fraction of sp³-hybridized carbons (Fsp3) is 0.645. The van der Waals surface area contributed by atoms with Crippen LogP contribution in [0.15, 0.2) is 24.3 Å². The minimum Gasteiger partial charge on any atom is -0.463 e. The Morgan fingerprint density at radius 2 is 1.55 bits per heavy atom. The number of anilines is 1. The van der Waals surface area contributed by atoms with Crippen molar-refractivity contribution in [1.82, 2.24) is 5.32 Å². The molecule has 3 N–H and O–H groups in total. The Morgan fingerprint density at radius 1 is 0.922 bits per heavy atom. The van der Waals surface area contributed by atoms with Gasteiger partial charge in [0.15, 0.2) is 42.6 Å². The predicted octanol–water partition coefficient (Wildman–Crippen LogP) is 0.832. The second-order valence-electron chi connectivity index (χ2n) is 12.1. The van der Waals surface area contributed by atoms with E-state index in [1.807, 2.05) is 0 Å². The number of ether oxygens (including phenoxy) is 10. The summed E-state index contributed by atoms with van der Waals surface area (Å²) in [5.41, 5.74) is 0.647. The number of carbonyl (C=O) groups excluding carboxylic acids is 4. The Hall–Kier alpha value is -3.24. The van der Waals surface area contributed by atoms with E-state index in [0.717, 1.165) is 39.3 Å². The number of hydrogen-bond donors (Lipinski definition) is 3. The summed E-state index contributed by atoms with van der Waals surface area (Å²) in [6.07, 6.45) is -13.4. The summed E-state index contributed by atoms with van der Waals surface area (Å²) in [5, 5.41) is 18.0. The number of benzene rings is 1. The zero-order valence-electron chi connectivity index (χ0n) is 28.8. The minimum absolute atomic E-state index is 0.0110. The van der Waals surface area contributed by atoms with Crippen LogP contribution in [0.5, 0.6) is 5.75 Å². The van der Waals surface area contributed by atoms with Crippen LogP contribution in [0.25, 0.3) is 0 Å². The molecule has 3 fully saturated rings. The van der Waals surface area contributed by atoms with E-state index in [0.29, 0.717) is 22.4 Å². The molecule has 1 aromatic rings. The van der Waals surface area contributed by atoms with E-state index < -0.39 is 97.7 Å². The summed E-state index contributed by atoms with van der Waals surface area (Å²) < 4.78 is 58.3. The number of aliphatic hydroxyl groups is 1. The van der Waals surface area contributed by atoms with Crippen molar-refractivity contribution in [2.24, 2.45) is 0 Å². The second kappa shape index (κ2) is 18.0. The number of hydrogen-bond acceptors (Lipinski definition) is 17. The van der Waals surface area contributed by atoms with Gasteiger partial charge < -0.3 is 63.1 Å². The van der Waals surface area contributed by atoms with Crippen molar-refractivity contribution in [3.8, 4) is 5.75 Å². The van der Waals surface area contributed by atoms with Crippen molar-refractivity contribution in [2.75, 3.05) is 24.4 Å². The quantitative estimate of drug-likeness (QED) is 0.0888. The van der Waals surface area contributed by atoms with Gasteiger partial charge in [0.25, 0.3) is 0 Å². The summed E-state index contributed by atoms with van der Waals surface area (Å²) in [5.74, 6) is -3.52. The number of esters is 4. The lowest BCUT2D eigenvalue weighted by atomic mass is 9.95. The molecule has 0 aliphatic carbocycles. The van der Waals surface area contributed by atoms with Crippen LogP contribution in [-0.2, 0) is 61.8 Å². The molecule has 17 nitrogen and oxygen atoms in total. The lowest BCUT2D eigenvalue weighted by Crippen LogP contribution is -2.69. The highest BCUT2D eigenvalue weighted by molar-refractivity contribution is 8.19. The van der Waals surface area contributed by atoms with Crippen molar-refractivity contribution in [3.63, 3.8) is 0 Å². The average Bonchev–Trinajstić information content (AvgIpc) is 3.04. The van der Waals surface area contributed by atoms with Crippen LogP contribution in [0.4, 0.5) is 5.69 Å². The molecule has 4 rings (SSSR count). The molecule has 0 bridgehead atoms. The van der Waals surface area contributed by atoms with Crippen LogP contribution in [0, 0.1) is 0 Å². The summed E-state index contributed by atoms with van der Waals surface area (Å²) >= 11 is 6.31. The smallest absolute Gasteiger partial charge is 0.303 e. The van der Waals surface area contributed by atoms with Gasteiger partial charge in [-0.3, -0.25) is 19.2 Å². The third-order valence-electron chi connectivity index (χ3n) is 7.55. The van der Waals surface area contributed by atoms with Crippen LogP contribution >= 0.6 is 23.8 Å². The van der Waals surface area contributed by atoms with Gasteiger partial charge in [-0.05, 0) is 50.3 Å². The zero-order valence-corrected chi connectivity index (χ0v) is 30.4. The van der Waals surface area contributed by atoms with Gasteiger partial charge in [-0.25, -0.2) is 11.6 Å². The van der Waals surface area contributed by atoms with Gasteiger partial charge in [-0.1, -0.05) is 0 Å². The number of fused-ring (bicyclic) bond motifs is 1. The number of rotatable bonds is 12. The molecule has 280 valence electrons. The average molecular weight is 757 g/mol. The second-order valence-corrected chi connectivity index (χ2v) is 13.1. The third kappa shape index (κ3) is 11.4. The number of nitrogens with one attached hydrogen (secondary N) is 2. The van der Waals surface area contributed by atoms with Crippen molar-refractivity contribution >= 4 is 65.6 Å². The Labute approximate surface area is 305 Å². The first-order valence-electron chi connectivity index (χ1n) is 15.8. The Bertz CT molecular complexity index is 1410. The Kier molecular flexibility index (Phi) is 14.3. The highest BCUT2D eigenvalue weighted by atomic mass is 32.2. The number of carbonyl (C=O) groups is 4. The van der Waals surface area contributed by atoms with Crippen LogP contribution in [0.1, 0.15) is 41.5 Å². The molecule has 10 atom stereocenters. The molecule has 3 aliphatic rings. The molecule has 0 amide bonds. The number of aliphatic hydroxyl groups excluding tert-OH is 1. The largest absolute Gasteiger partial charge is 0.463 e. The van der Waals surface area contributed by atoms with Crippen molar-refractivity contribution in [2.45, 2.75) is 109 Å². The van der Waals surface area contributed by atoms with E-state index in [9.17, 15) is 24.3 Å². The molecule has 3 heterocycles. The standard InChI is InChI=1S/C31H41BN2O15S2/c1-14(35)40-11-20-23(42-15(2)36)26(43-16(3)37)27(44-17(4)38)29(47-20)48-25-22(39)28(46-21-12-41-31(5,6)49-24(21)25)45-19-9-7-18(8-10-19)34-30(50)33-13-51-32/h7-10,20-29,39H,11-13H2,1-6H3,(H2,33,34,50). The normalized spacial score (nSPS) is 31.2. The first-order valence-corrected chi connectivity index (χ1v) is 17.3. The fourth-order valence-corrected chi connectivity index (χ4v) is 6.06. The first-order chi connectivity index (χ1) is 24.1. The summed E-state index contributed by atoms with van der Waals surface area (Å²) in [7, 11) is 5.42. The van der Waals surface area contributed by atoms with Gasteiger partial charge in [0.2, 0.25) is 6.29 Å². The highest BCUT2D eigenvalue weighted by Gasteiger charge is 2.58. The molecule has 0 aromatic heterocycles. The molecule has 1 aromatic carbocycles. The van der Waals surface area contributed by atoms with Crippen LogP contribution < -0.4 is 15.4 Å². The lowest BCUT2D eigenvalue weighted by Gasteiger charge is -2.51. The SMILES string of the molecule is [B]SCNC(=S)Nc1ccc(OC2OC3COC(C)(C)OC3C(OC3OC(COC(C)=O)C(OC(C)=O)C(OC(C)=O)C3OC(C)=O)C2O)cc1. The Balaban J connectivity index is 1.65. The maximum atomic E-state index is 12.4. The van der Waals surface area contributed by atoms with Crippen LogP contribution in [0.2, 0.25) is 0 Å². The van der Waals surface area contributed by atoms with Gasteiger partial charge in [-0.15, -0.1) is 0 Å². The molecule has 0 saturated carbocycles. The van der Waals surface area contributed by atoms with E-state index in [1.54, 1.807) is 38.1 Å². The van der Waals surface area contributed by atoms with Gasteiger partial charge in [0, 0.05) is 33.4 Å². The molecule has 0 spiro atoms. The molecule has 51 heavy (non-hydrogen) atoms. The van der Waals surface area contributed by atoms with Gasteiger partial charge in [0.05, 0.1) is 12.5 Å². The van der Waals surface area contributed by atoms with Crippen LogP contribution in [-0.4, -0.2) is 128 Å². The molecule has 3 aliphatic heterocycles. The third-order valence-corrected chi connectivity index (χ3v) is 8.11. The van der Waals surface area contributed by atoms with E-state index >= 15 is 0 Å². The van der Waals surface area contributed by atoms with E-state index in [1.165, 1.54) is 0 Å². The maximum Gasteiger partial charge on any atom is 0.303 e. The Morgan fingerprint density at radius 3 is 2.16 bits per heavy atom. The van der Waals surface area contributed by atoms with E-state index in [4.69, 9.17) is 66.7 Å². The van der Waals surface area contributed by atoms with Crippen molar-refractivity contribution in [3.05, 3.63) is 24.3 Å². The summed E-state index contributed by atoms with van der Waals surface area (Å²) in [6, 6.07) is 6.63. The van der Waals surface area contributed by atoms with E-state index in [2.05, 4.69) is 10.6 Å². The monoisotopic (exact) mass is 756 g/mol. The van der Waals surface area contributed by atoms with Gasteiger partial charge in [-0.2, -0.15) is 0 Å². The van der Waals surface area contributed by atoms with Crippen LogP contribution in [0.3, 0.4) is 0 Å². The summed E-state index contributed by atoms with van der Waals surface area (Å²) in [6.45, 7) is 7.33. The zero-order chi connectivity index (χ0) is 37.5. The fourth-order valence-electron chi connectivity index (χ4n) is 5.55. The minimum atomic E-state index is -1.61. The van der Waals surface area contributed by atoms with Gasteiger partial charge >= 0.3 is 23.9 Å². The maximum absolute atomic E-state index is 12.4. The highest BCUT2D eigenvalue weighted by Crippen LogP contribution is 2.38. The topological polar surface area (TPSA) is 205 Å². The van der Waals surface area contributed by atoms with Crippen molar-refractivity contribution < 1.29 is 71.7 Å². The first kappa shape index (κ1) is 40.5. The molecule has 10 unspecified atom stereocenters. The molecular formula is C31H41BN2O15S2. The molecule has 2 radical (unpaired) electrons. The van der Waals surface area contributed by atoms with Crippen molar-refractivity contribution in [1.29, 1.82) is 0 Å². The molecule has 3 saturated heterocycles. The summed E-state index contributed by atoms with van der Waals surface area (Å²) in [4.78, 5) is 48.5. The molecule has 20 heteroatoms. The predicted molar refractivity (Wildman–Crippen MR) is 181 cm³/mol. The lowest BCUT2D eigenvalue weighted by molar-refractivity contribution is -0.399. The van der Waals surface area contributed by atoms with E-state index in [-0.39, 0.29) is 6.61 Å². The molecular weight excluding hydrogens is 715 g/mol.